The van der Waals surface area contributed by atoms with Crippen molar-refractivity contribution in [3.05, 3.63) is 23.4 Å². The maximum Gasteiger partial charge on any atom is 0.239 e. The number of pyridine rings is 1. The van der Waals surface area contributed by atoms with Crippen LogP contribution in [0.1, 0.15) is 6.42 Å². The zero-order valence-corrected chi connectivity index (χ0v) is 15.9. The largest absolute Gasteiger partial charge is 0.380 e. The molecule has 2 aliphatic heterocycles. The Morgan fingerprint density at radius 2 is 2.00 bits per heavy atom. The number of hydrogen-bond donors (Lipinski definition) is 1. The Bertz CT molecular complexity index is 524. The first-order valence-electron chi connectivity index (χ1n) is 7.59. The van der Waals surface area contributed by atoms with Gasteiger partial charge in [-0.3, -0.25) is 4.79 Å². The van der Waals surface area contributed by atoms with E-state index in [1.807, 2.05) is 17.0 Å². The second-order valence-corrected chi connectivity index (χ2v) is 6.14. The lowest BCUT2D eigenvalue weighted by atomic mass is 10.1. The maximum atomic E-state index is 12.5. The van der Waals surface area contributed by atoms with Crippen molar-refractivity contribution in [2.45, 2.75) is 18.6 Å². The fraction of sp³-hybridized carbons (Fsp3) is 0.600. The molecule has 0 bridgehead atoms. The van der Waals surface area contributed by atoms with Crippen LogP contribution in [-0.4, -0.2) is 67.8 Å². The Morgan fingerprint density at radius 3 is 2.54 bits per heavy atom. The number of amides is 1. The number of nitrogens with zero attached hydrogens (tertiary/aromatic N) is 3. The SMILES string of the molecule is CO[C@@H]1CN[C@H](C(=O)N2CCN(c3ccc(Cl)cn3)CC2)C1.Cl.Cl. The molecule has 2 atom stereocenters. The number of methoxy groups -OCH3 is 1. The van der Waals surface area contributed by atoms with Crippen LogP contribution in [0.5, 0.6) is 0 Å². The standard InChI is InChI=1S/C15H21ClN4O2.2ClH/c1-22-12-8-13(17-10-12)15(21)20-6-4-19(5-7-20)14-3-2-11(16)9-18-14;;/h2-3,9,12-13,17H,4-8,10H2,1H3;2*1H/t12-,13-;;/m0../s1. The first-order chi connectivity index (χ1) is 10.7. The van der Waals surface area contributed by atoms with Crippen LogP contribution >= 0.6 is 36.4 Å². The Labute approximate surface area is 159 Å². The summed E-state index contributed by atoms with van der Waals surface area (Å²) in [5.41, 5.74) is 0. The normalized spacial score (nSPS) is 23.4. The van der Waals surface area contributed by atoms with Crippen molar-refractivity contribution in [1.29, 1.82) is 0 Å². The maximum absolute atomic E-state index is 12.5. The third kappa shape index (κ3) is 4.86. The second-order valence-electron chi connectivity index (χ2n) is 5.70. The van der Waals surface area contributed by atoms with Gasteiger partial charge in [-0.15, -0.1) is 24.8 Å². The van der Waals surface area contributed by atoms with E-state index in [2.05, 4.69) is 15.2 Å². The number of anilines is 1. The molecule has 9 heteroatoms. The van der Waals surface area contributed by atoms with Crippen LogP contribution in [0.25, 0.3) is 0 Å². The molecule has 3 rings (SSSR count). The van der Waals surface area contributed by atoms with Gasteiger partial charge in [0.25, 0.3) is 0 Å². The lowest BCUT2D eigenvalue weighted by Gasteiger charge is -2.36. The van der Waals surface area contributed by atoms with Crippen molar-refractivity contribution >= 4 is 48.1 Å². The fourth-order valence-corrected chi connectivity index (χ4v) is 3.11. The zero-order valence-electron chi connectivity index (χ0n) is 13.5. The van der Waals surface area contributed by atoms with E-state index in [0.29, 0.717) is 5.02 Å². The molecule has 6 nitrogen and oxygen atoms in total. The van der Waals surface area contributed by atoms with Crippen molar-refractivity contribution < 1.29 is 9.53 Å². The van der Waals surface area contributed by atoms with Crippen LogP contribution in [0.15, 0.2) is 18.3 Å². The van der Waals surface area contributed by atoms with E-state index in [1.165, 1.54) is 0 Å². The van der Waals surface area contributed by atoms with Crippen molar-refractivity contribution in [2.24, 2.45) is 0 Å². The van der Waals surface area contributed by atoms with Gasteiger partial charge >= 0.3 is 0 Å². The second kappa shape index (κ2) is 9.63. The summed E-state index contributed by atoms with van der Waals surface area (Å²) in [5, 5.41) is 3.88. The monoisotopic (exact) mass is 396 g/mol. The molecule has 0 spiro atoms. The third-order valence-electron chi connectivity index (χ3n) is 4.35. The predicted molar refractivity (Wildman–Crippen MR) is 99.7 cm³/mol. The molecule has 0 unspecified atom stereocenters. The Kier molecular flexibility index (Phi) is 8.53. The average Bonchev–Trinajstić information content (AvgIpc) is 3.04. The van der Waals surface area contributed by atoms with E-state index in [0.717, 1.165) is 45.0 Å². The molecular weight excluding hydrogens is 375 g/mol. The molecule has 1 aromatic heterocycles. The number of nitrogens with one attached hydrogen (secondary N) is 1. The van der Waals surface area contributed by atoms with Crippen molar-refractivity contribution in [1.82, 2.24) is 15.2 Å². The molecule has 24 heavy (non-hydrogen) atoms. The minimum Gasteiger partial charge on any atom is -0.380 e. The quantitative estimate of drug-likeness (QED) is 0.839. The lowest BCUT2D eigenvalue weighted by molar-refractivity contribution is -0.133. The van der Waals surface area contributed by atoms with E-state index in [1.54, 1.807) is 13.3 Å². The summed E-state index contributed by atoms with van der Waals surface area (Å²) in [7, 11) is 1.69. The molecule has 0 saturated carbocycles. The summed E-state index contributed by atoms with van der Waals surface area (Å²) in [6, 6.07) is 3.65. The summed E-state index contributed by atoms with van der Waals surface area (Å²) < 4.78 is 5.30. The number of piperazine rings is 1. The average molecular weight is 398 g/mol. The van der Waals surface area contributed by atoms with Gasteiger partial charge in [0, 0.05) is 46.0 Å². The first kappa shape index (κ1) is 21.3. The summed E-state index contributed by atoms with van der Waals surface area (Å²) >= 11 is 5.86. The van der Waals surface area contributed by atoms with Crippen molar-refractivity contribution in [3.63, 3.8) is 0 Å². The smallest absolute Gasteiger partial charge is 0.239 e. The minimum absolute atomic E-state index is 0. The number of halogens is 3. The molecule has 0 aromatic carbocycles. The number of rotatable bonds is 3. The third-order valence-corrected chi connectivity index (χ3v) is 4.57. The van der Waals surface area contributed by atoms with Gasteiger partial charge in [0.05, 0.1) is 17.2 Å². The molecule has 136 valence electrons. The van der Waals surface area contributed by atoms with Crippen LogP contribution in [0.2, 0.25) is 5.02 Å². The number of carbonyl (C=O) groups excluding carboxylic acids is 1. The van der Waals surface area contributed by atoms with E-state index in [9.17, 15) is 4.79 Å². The fourth-order valence-electron chi connectivity index (χ4n) is 3.00. The van der Waals surface area contributed by atoms with Crippen LogP contribution < -0.4 is 10.2 Å². The highest BCUT2D eigenvalue weighted by atomic mass is 35.5. The molecule has 1 aromatic rings. The summed E-state index contributed by atoms with van der Waals surface area (Å²) in [4.78, 5) is 21.0. The Balaban J connectivity index is 0.00000144. The van der Waals surface area contributed by atoms with Crippen molar-refractivity contribution in [3.8, 4) is 0 Å². The predicted octanol–water partition coefficient (Wildman–Crippen LogP) is 1.60. The molecule has 1 N–H and O–H groups in total. The van der Waals surface area contributed by atoms with Crippen LogP contribution in [0, 0.1) is 0 Å². The highest BCUT2D eigenvalue weighted by molar-refractivity contribution is 6.30. The van der Waals surface area contributed by atoms with E-state index >= 15 is 0 Å². The number of ether oxygens (including phenoxy) is 1. The van der Waals surface area contributed by atoms with Gasteiger partial charge < -0.3 is 19.9 Å². The van der Waals surface area contributed by atoms with Gasteiger partial charge in [-0.05, 0) is 18.6 Å². The minimum atomic E-state index is -0.106. The summed E-state index contributed by atoms with van der Waals surface area (Å²) in [6.45, 7) is 3.78. The number of hydrogen-bond acceptors (Lipinski definition) is 5. The molecule has 2 aliphatic rings. The summed E-state index contributed by atoms with van der Waals surface area (Å²) in [6.07, 6.45) is 2.56. The number of aromatic nitrogens is 1. The van der Waals surface area contributed by atoms with Gasteiger partial charge in [-0.2, -0.15) is 0 Å². The lowest BCUT2D eigenvalue weighted by Crippen LogP contribution is -2.53. The topological polar surface area (TPSA) is 57.7 Å². The highest BCUT2D eigenvalue weighted by Gasteiger charge is 2.33. The van der Waals surface area contributed by atoms with Gasteiger partial charge in [-0.25, -0.2) is 4.98 Å². The Morgan fingerprint density at radius 1 is 1.29 bits per heavy atom. The van der Waals surface area contributed by atoms with Gasteiger partial charge in [-0.1, -0.05) is 11.6 Å². The van der Waals surface area contributed by atoms with E-state index in [-0.39, 0.29) is 42.9 Å². The van der Waals surface area contributed by atoms with Crippen LogP contribution in [-0.2, 0) is 9.53 Å². The molecular formula is C15H23Cl3N4O2. The molecule has 3 heterocycles. The van der Waals surface area contributed by atoms with E-state index < -0.39 is 0 Å². The van der Waals surface area contributed by atoms with E-state index in [4.69, 9.17) is 16.3 Å². The Hall–Kier alpha value is -0.790. The molecule has 0 aliphatic carbocycles. The van der Waals surface area contributed by atoms with Gasteiger partial charge in [0.2, 0.25) is 5.91 Å². The van der Waals surface area contributed by atoms with Crippen LogP contribution in [0.4, 0.5) is 5.82 Å². The molecule has 2 saturated heterocycles. The first-order valence-corrected chi connectivity index (χ1v) is 7.96. The highest BCUT2D eigenvalue weighted by Crippen LogP contribution is 2.18. The van der Waals surface area contributed by atoms with Gasteiger partial charge in [0.1, 0.15) is 5.82 Å². The van der Waals surface area contributed by atoms with Crippen LogP contribution in [0.3, 0.4) is 0 Å². The summed E-state index contributed by atoms with van der Waals surface area (Å²) in [5.74, 6) is 1.10. The van der Waals surface area contributed by atoms with Gasteiger partial charge in [0.15, 0.2) is 0 Å². The van der Waals surface area contributed by atoms with Crippen molar-refractivity contribution in [2.75, 3.05) is 44.7 Å². The number of carbonyl (C=O) groups is 1. The molecule has 1 amide bonds. The zero-order chi connectivity index (χ0) is 15.5. The molecule has 0 radical (unpaired) electrons. The molecule has 2 fully saturated rings.